The number of alkyl halides is 2. The number of hydrogen-bond acceptors (Lipinski definition) is 6. The van der Waals surface area contributed by atoms with Crippen LogP contribution in [0.5, 0.6) is 0 Å². The highest BCUT2D eigenvalue weighted by Gasteiger charge is 2.33. The molecule has 0 aliphatic heterocycles. The highest BCUT2D eigenvalue weighted by Crippen LogP contribution is 2.43. The van der Waals surface area contributed by atoms with Gasteiger partial charge in [0.25, 0.3) is 17.9 Å². The Balaban J connectivity index is 1.37. The topological polar surface area (TPSA) is 112 Å². The first-order valence-electron chi connectivity index (χ1n) is 11.2. The average molecular weight is 488 g/mol. The van der Waals surface area contributed by atoms with Crippen molar-refractivity contribution in [1.29, 1.82) is 0 Å². The normalized spacial score (nSPS) is 13.4. The number of hydrogen-bond donors (Lipinski definition) is 1. The molecule has 1 N–H and O–H groups in total. The molecular formula is C24H18F2N8O2. The molecule has 0 bridgehead atoms. The Morgan fingerprint density at radius 3 is 2.58 bits per heavy atom. The van der Waals surface area contributed by atoms with Crippen LogP contribution in [-0.2, 0) is 0 Å². The minimum Gasteiger partial charge on any atom is -0.322 e. The molecule has 36 heavy (non-hydrogen) atoms. The number of aromatic nitrogens is 7. The molecule has 1 aliphatic carbocycles. The smallest absolute Gasteiger partial charge is 0.266 e. The van der Waals surface area contributed by atoms with Crippen LogP contribution in [0.3, 0.4) is 0 Å². The van der Waals surface area contributed by atoms with Crippen LogP contribution < -0.4 is 10.9 Å². The van der Waals surface area contributed by atoms with Crippen LogP contribution in [0.1, 0.15) is 46.8 Å². The number of carbonyl (C=O) groups excluding carboxylic acids is 1. The van der Waals surface area contributed by atoms with Crippen LogP contribution in [-0.4, -0.2) is 40.1 Å². The van der Waals surface area contributed by atoms with Gasteiger partial charge in [-0.3, -0.25) is 14.0 Å². The fourth-order valence-corrected chi connectivity index (χ4v) is 4.21. The lowest BCUT2D eigenvalue weighted by molar-refractivity contribution is 0.102. The maximum absolute atomic E-state index is 13.8. The van der Waals surface area contributed by atoms with Gasteiger partial charge in [-0.15, -0.1) is 0 Å². The van der Waals surface area contributed by atoms with Crippen LogP contribution in [0.15, 0.2) is 72.2 Å². The fraction of sp³-hybridized carbons (Fsp3) is 0.167. The summed E-state index contributed by atoms with van der Waals surface area (Å²) in [5.74, 6) is -0.368. The van der Waals surface area contributed by atoms with Crippen molar-refractivity contribution in [3.63, 3.8) is 0 Å². The van der Waals surface area contributed by atoms with Gasteiger partial charge in [0.1, 0.15) is 5.69 Å². The zero-order valence-corrected chi connectivity index (χ0v) is 18.6. The average Bonchev–Trinajstić information content (AvgIpc) is 3.38. The van der Waals surface area contributed by atoms with Crippen LogP contribution in [0.4, 0.5) is 14.5 Å². The molecule has 10 nitrogen and oxygen atoms in total. The summed E-state index contributed by atoms with van der Waals surface area (Å²) in [6.07, 6.45) is 6.24. The van der Waals surface area contributed by atoms with Gasteiger partial charge < -0.3 is 5.32 Å². The van der Waals surface area contributed by atoms with Gasteiger partial charge in [0.05, 0.1) is 35.5 Å². The van der Waals surface area contributed by atoms with Crippen molar-refractivity contribution in [2.75, 3.05) is 5.32 Å². The summed E-state index contributed by atoms with van der Waals surface area (Å²) in [5, 5.41) is 15.0. The quantitative estimate of drug-likeness (QED) is 0.391. The van der Waals surface area contributed by atoms with E-state index in [1.54, 1.807) is 23.0 Å². The van der Waals surface area contributed by atoms with E-state index in [2.05, 4.69) is 25.6 Å². The number of nitrogens with zero attached hydrogens (tertiary/aromatic N) is 7. The molecule has 1 amide bonds. The zero-order chi connectivity index (χ0) is 24.8. The third-order valence-electron chi connectivity index (χ3n) is 6.00. The number of benzene rings is 1. The summed E-state index contributed by atoms with van der Waals surface area (Å²) in [4.78, 5) is 31.0. The highest BCUT2D eigenvalue weighted by molar-refractivity contribution is 6.05. The Bertz CT molecular complexity index is 1650. The molecule has 0 radical (unpaired) electrons. The Hall–Kier alpha value is -4.74. The first-order chi connectivity index (χ1) is 17.5. The van der Waals surface area contributed by atoms with E-state index in [-0.39, 0.29) is 28.4 Å². The molecule has 0 saturated heterocycles. The molecular weight excluding hydrogens is 470 g/mol. The van der Waals surface area contributed by atoms with Gasteiger partial charge in [0, 0.05) is 35.6 Å². The molecule has 0 spiro atoms. The van der Waals surface area contributed by atoms with Gasteiger partial charge in [-0.1, -0.05) is 0 Å². The molecule has 0 atom stereocenters. The van der Waals surface area contributed by atoms with Crippen LogP contribution in [0.25, 0.3) is 17.0 Å². The molecule has 5 aromatic rings. The minimum atomic E-state index is -2.80. The van der Waals surface area contributed by atoms with Gasteiger partial charge in [-0.25, -0.2) is 18.4 Å². The predicted molar refractivity (Wildman–Crippen MR) is 125 cm³/mol. The molecule has 1 aliphatic rings. The number of anilines is 1. The van der Waals surface area contributed by atoms with E-state index in [0.29, 0.717) is 22.6 Å². The van der Waals surface area contributed by atoms with Crippen molar-refractivity contribution in [3.05, 3.63) is 94.6 Å². The summed E-state index contributed by atoms with van der Waals surface area (Å²) >= 11 is 0. The summed E-state index contributed by atoms with van der Waals surface area (Å²) in [5.41, 5.74) is 1.77. The maximum Gasteiger partial charge on any atom is 0.266 e. The van der Waals surface area contributed by atoms with Gasteiger partial charge >= 0.3 is 0 Å². The third-order valence-corrected chi connectivity index (χ3v) is 6.00. The minimum absolute atomic E-state index is 0.105. The number of rotatable bonds is 6. The molecule has 6 rings (SSSR count). The predicted octanol–water partition coefficient (Wildman–Crippen LogP) is 3.53. The third kappa shape index (κ3) is 3.72. The van der Waals surface area contributed by atoms with Crippen molar-refractivity contribution < 1.29 is 13.6 Å². The van der Waals surface area contributed by atoms with Crippen LogP contribution in [0, 0.1) is 0 Å². The van der Waals surface area contributed by atoms with Gasteiger partial charge in [0.15, 0.2) is 5.65 Å². The Labute approximate surface area is 201 Å². The fourth-order valence-electron chi connectivity index (χ4n) is 4.21. The second-order valence-corrected chi connectivity index (χ2v) is 8.35. The van der Waals surface area contributed by atoms with E-state index in [4.69, 9.17) is 0 Å². The molecule has 0 unspecified atom stereocenters. The lowest BCUT2D eigenvalue weighted by atomic mass is 10.1. The summed E-state index contributed by atoms with van der Waals surface area (Å²) in [6, 6.07) is 9.02. The highest BCUT2D eigenvalue weighted by atomic mass is 19.3. The van der Waals surface area contributed by atoms with Crippen LogP contribution >= 0.6 is 0 Å². The number of amides is 1. The molecule has 4 aromatic heterocycles. The number of pyridine rings is 1. The molecule has 1 saturated carbocycles. The number of halogens is 2. The van der Waals surface area contributed by atoms with E-state index in [9.17, 15) is 18.4 Å². The van der Waals surface area contributed by atoms with Crippen molar-refractivity contribution >= 4 is 17.2 Å². The van der Waals surface area contributed by atoms with E-state index < -0.39 is 12.3 Å². The van der Waals surface area contributed by atoms with Crippen molar-refractivity contribution in [3.8, 4) is 11.4 Å². The second kappa shape index (κ2) is 8.48. The molecule has 4 heterocycles. The molecule has 1 aromatic carbocycles. The van der Waals surface area contributed by atoms with Crippen molar-refractivity contribution in [1.82, 2.24) is 34.2 Å². The van der Waals surface area contributed by atoms with Crippen molar-refractivity contribution in [2.45, 2.75) is 25.2 Å². The first-order valence-corrected chi connectivity index (χ1v) is 11.2. The number of carbonyl (C=O) groups is 1. The van der Waals surface area contributed by atoms with Gasteiger partial charge in [0.2, 0.25) is 0 Å². The largest absolute Gasteiger partial charge is 0.322 e. The summed E-state index contributed by atoms with van der Waals surface area (Å²) in [7, 11) is 0. The Morgan fingerprint density at radius 2 is 1.83 bits per heavy atom. The van der Waals surface area contributed by atoms with Crippen LogP contribution in [0.2, 0.25) is 0 Å². The lowest BCUT2D eigenvalue weighted by Gasteiger charge is -2.13. The molecule has 180 valence electrons. The molecule has 12 heteroatoms. The second-order valence-electron chi connectivity index (χ2n) is 8.35. The number of nitrogens with one attached hydrogen (secondary N) is 1. The van der Waals surface area contributed by atoms with E-state index in [1.165, 1.54) is 53.5 Å². The Morgan fingerprint density at radius 1 is 1.03 bits per heavy atom. The standard InChI is InChI=1S/C24H18F2N8O2/c25-22(26)16-12-15(5-6-18(16)34-28-9-10-29-34)31-24(36)17-13-30-33(21(17)14-3-4-14)19-2-1-11-32-20(35)7-8-27-23(19)32/h1-2,5-14,22H,3-4H2,(H,31,36). The lowest BCUT2D eigenvalue weighted by Crippen LogP contribution is -2.17. The van der Waals surface area contributed by atoms with Crippen molar-refractivity contribution in [2.24, 2.45) is 0 Å². The molecule has 1 fully saturated rings. The SMILES string of the molecule is O=C(Nc1ccc(-n2nccn2)c(C(F)F)c1)c1cnn(-c2cccn3c(=O)ccnc23)c1C1CC1. The first kappa shape index (κ1) is 21.8. The Kier molecular flexibility index (Phi) is 5.13. The monoisotopic (exact) mass is 488 g/mol. The maximum atomic E-state index is 13.8. The van der Waals surface area contributed by atoms with E-state index >= 15 is 0 Å². The summed E-state index contributed by atoms with van der Waals surface area (Å²) in [6.45, 7) is 0. The summed E-state index contributed by atoms with van der Waals surface area (Å²) < 4.78 is 30.6. The number of fused-ring (bicyclic) bond motifs is 1. The van der Waals surface area contributed by atoms with Gasteiger partial charge in [-0.05, 0) is 43.2 Å². The van der Waals surface area contributed by atoms with E-state index in [0.717, 1.165) is 17.6 Å². The van der Waals surface area contributed by atoms with Gasteiger partial charge in [-0.2, -0.15) is 20.1 Å². The zero-order valence-electron chi connectivity index (χ0n) is 18.6. The van der Waals surface area contributed by atoms with E-state index in [1.807, 2.05) is 0 Å².